The van der Waals surface area contributed by atoms with Gasteiger partial charge in [0.05, 0.1) is 6.61 Å². The molecule has 0 saturated carbocycles. The Bertz CT molecular complexity index is 587. The fourth-order valence-corrected chi connectivity index (χ4v) is 3.72. The second kappa shape index (κ2) is 12.7. The molecule has 1 unspecified atom stereocenters. The second-order valence-electron chi connectivity index (χ2n) is 7.33. The quantitative estimate of drug-likeness (QED) is 0.304. The van der Waals surface area contributed by atoms with Crippen molar-refractivity contribution in [2.24, 2.45) is 5.92 Å². The second-order valence-corrected chi connectivity index (χ2v) is 7.86. The minimum Gasteiger partial charge on any atom is -0.465 e. The number of carbonyl (C=O) groups excluding carboxylic acids is 2. The van der Waals surface area contributed by atoms with Gasteiger partial charge in [-0.15, -0.1) is 11.6 Å². The molecule has 0 spiro atoms. The van der Waals surface area contributed by atoms with Crippen LogP contribution < -0.4 is 0 Å². The lowest BCUT2D eigenvalue weighted by Crippen LogP contribution is -2.38. The fraction of sp³-hybridized carbons (Fsp3) is 0.636. The summed E-state index contributed by atoms with van der Waals surface area (Å²) in [5, 5.41) is -0.523. The number of esters is 1. The third-order valence-electron chi connectivity index (χ3n) is 5.19. The molecule has 28 heavy (non-hydrogen) atoms. The molecule has 1 saturated heterocycles. The number of hydrogen-bond donors (Lipinski definition) is 0. The molecule has 1 amide bonds. The van der Waals surface area contributed by atoms with Crippen LogP contribution in [0.4, 0.5) is 4.79 Å². The number of alkyl halides is 1. The lowest BCUT2D eigenvalue weighted by Gasteiger charge is -2.31. The van der Waals surface area contributed by atoms with Gasteiger partial charge in [-0.25, -0.2) is 4.79 Å². The van der Waals surface area contributed by atoms with Gasteiger partial charge in [-0.3, -0.25) is 4.79 Å². The van der Waals surface area contributed by atoms with Gasteiger partial charge in [-0.1, -0.05) is 56.0 Å². The fourth-order valence-electron chi connectivity index (χ4n) is 3.50. The van der Waals surface area contributed by atoms with Crippen LogP contribution in [0.25, 0.3) is 0 Å². The molecule has 0 N–H and O–H groups in total. The molecule has 0 aliphatic carbocycles. The maximum Gasteiger partial charge on any atom is 0.410 e. The van der Waals surface area contributed by atoms with Crippen LogP contribution >= 0.6 is 11.6 Å². The molecule has 0 bridgehead atoms. The Kier molecular flexibility index (Phi) is 10.2. The first-order valence-electron chi connectivity index (χ1n) is 10.4. The molecule has 6 heteroatoms. The number of halogens is 1. The molecule has 2 rings (SSSR count). The van der Waals surface area contributed by atoms with Crippen LogP contribution in [0.2, 0.25) is 0 Å². The molecule has 1 aromatic rings. The van der Waals surface area contributed by atoms with Gasteiger partial charge < -0.3 is 14.4 Å². The summed E-state index contributed by atoms with van der Waals surface area (Å²) in [5.41, 5.74) is 1.01. The summed E-state index contributed by atoms with van der Waals surface area (Å²) < 4.78 is 10.3. The van der Waals surface area contributed by atoms with E-state index in [1.807, 2.05) is 35.2 Å². The number of amides is 1. The van der Waals surface area contributed by atoms with Gasteiger partial charge >= 0.3 is 12.1 Å². The van der Waals surface area contributed by atoms with Crippen LogP contribution in [0.15, 0.2) is 30.3 Å². The van der Waals surface area contributed by atoms with Crippen LogP contribution in [0.5, 0.6) is 0 Å². The topological polar surface area (TPSA) is 55.8 Å². The standard InChI is InChI=1S/C22H32ClNO4/c1-2-27-21(25)20(23)12-8-4-5-9-18-13-15-24(16-14-18)22(26)28-17-19-10-6-3-7-11-19/h3,6-7,10-11,18,20H,2,4-5,8-9,12-17H2,1H3. The largest absolute Gasteiger partial charge is 0.465 e. The summed E-state index contributed by atoms with van der Waals surface area (Å²) >= 11 is 6.02. The zero-order chi connectivity index (χ0) is 20.2. The number of nitrogens with zero attached hydrogens (tertiary/aromatic N) is 1. The number of unbranched alkanes of at least 4 members (excludes halogenated alkanes) is 2. The van der Waals surface area contributed by atoms with Crippen molar-refractivity contribution in [2.45, 2.75) is 63.9 Å². The number of benzene rings is 1. The molecule has 1 fully saturated rings. The number of piperidine rings is 1. The third kappa shape index (κ3) is 8.09. The van der Waals surface area contributed by atoms with Gasteiger partial charge in [0.15, 0.2) is 0 Å². The molecule has 1 atom stereocenters. The van der Waals surface area contributed by atoms with Crippen molar-refractivity contribution in [3.8, 4) is 0 Å². The van der Waals surface area contributed by atoms with Crippen molar-refractivity contribution in [3.63, 3.8) is 0 Å². The molecule has 1 aliphatic heterocycles. The Morgan fingerprint density at radius 3 is 2.50 bits per heavy atom. The minimum atomic E-state index is -0.523. The van der Waals surface area contributed by atoms with Gasteiger partial charge in [-0.05, 0) is 37.7 Å². The predicted molar refractivity (Wildman–Crippen MR) is 110 cm³/mol. The van der Waals surface area contributed by atoms with Gasteiger partial charge in [0, 0.05) is 13.1 Å². The van der Waals surface area contributed by atoms with E-state index in [4.69, 9.17) is 21.1 Å². The first-order valence-corrected chi connectivity index (χ1v) is 10.8. The lowest BCUT2D eigenvalue weighted by atomic mass is 9.91. The van der Waals surface area contributed by atoms with E-state index in [0.717, 1.165) is 50.8 Å². The highest BCUT2D eigenvalue weighted by atomic mass is 35.5. The van der Waals surface area contributed by atoms with E-state index in [1.54, 1.807) is 6.92 Å². The molecule has 0 aromatic heterocycles. The molecule has 1 aromatic carbocycles. The van der Waals surface area contributed by atoms with Gasteiger partial charge in [0.2, 0.25) is 0 Å². The van der Waals surface area contributed by atoms with Gasteiger partial charge in [0.1, 0.15) is 12.0 Å². The molecule has 1 heterocycles. The Morgan fingerprint density at radius 1 is 1.11 bits per heavy atom. The highest BCUT2D eigenvalue weighted by molar-refractivity contribution is 6.29. The summed E-state index contributed by atoms with van der Waals surface area (Å²) in [6, 6.07) is 9.75. The number of rotatable bonds is 10. The summed E-state index contributed by atoms with van der Waals surface area (Å²) in [7, 11) is 0. The van der Waals surface area contributed by atoms with Crippen LogP contribution in [0.3, 0.4) is 0 Å². The summed E-state index contributed by atoms with van der Waals surface area (Å²) in [4.78, 5) is 25.5. The van der Waals surface area contributed by atoms with E-state index >= 15 is 0 Å². The number of likely N-dealkylation sites (tertiary alicyclic amines) is 1. The lowest BCUT2D eigenvalue weighted by molar-refractivity contribution is -0.142. The van der Waals surface area contributed by atoms with Crippen molar-refractivity contribution in [2.75, 3.05) is 19.7 Å². The van der Waals surface area contributed by atoms with Crippen molar-refractivity contribution < 1.29 is 19.1 Å². The highest BCUT2D eigenvalue weighted by Gasteiger charge is 2.23. The smallest absolute Gasteiger partial charge is 0.410 e. The van der Waals surface area contributed by atoms with E-state index < -0.39 is 5.38 Å². The minimum absolute atomic E-state index is 0.213. The maximum atomic E-state index is 12.2. The molecule has 156 valence electrons. The Balaban J connectivity index is 1.53. The summed E-state index contributed by atoms with van der Waals surface area (Å²) in [6.07, 6.45) is 6.83. The van der Waals surface area contributed by atoms with Crippen molar-refractivity contribution in [1.29, 1.82) is 0 Å². The third-order valence-corrected chi connectivity index (χ3v) is 5.59. The Hall–Kier alpha value is -1.75. The number of ether oxygens (including phenoxy) is 2. The molecule has 0 radical (unpaired) electrons. The van der Waals surface area contributed by atoms with Gasteiger partial charge in [0.25, 0.3) is 0 Å². The molecule has 1 aliphatic rings. The average Bonchev–Trinajstić information content (AvgIpc) is 2.73. The normalized spacial score (nSPS) is 15.9. The Morgan fingerprint density at radius 2 is 1.82 bits per heavy atom. The zero-order valence-electron chi connectivity index (χ0n) is 16.8. The SMILES string of the molecule is CCOC(=O)C(Cl)CCCCCC1CCN(C(=O)OCc2ccccc2)CC1. The molecular formula is C22H32ClNO4. The van der Waals surface area contributed by atoms with E-state index in [9.17, 15) is 9.59 Å². The van der Waals surface area contributed by atoms with Crippen molar-refractivity contribution in [3.05, 3.63) is 35.9 Å². The van der Waals surface area contributed by atoms with Crippen LogP contribution in [0, 0.1) is 5.92 Å². The highest BCUT2D eigenvalue weighted by Crippen LogP contribution is 2.24. The number of carbonyl (C=O) groups is 2. The summed E-state index contributed by atoms with van der Waals surface area (Å²) in [6.45, 7) is 4.03. The predicted octanol–water partition coefficient (Wildman–Crippen LogP) is 5.16. The average molecular weight is 410 g/mol. The molecule has 5 nitrogen and oxygen atoms in total. The first-order chi connectivity index (χ1) is 13.6. The summed E-state index contributed by atoms with van der Waals surface area (Å²) in [5.74, 6) is 0.353. The zero-order valence-corrected chi connectivity index (χ0v) is 17.5. The van der Waals surface area contributed by atoms with E-state index in [-0.39, 0.29) is 12.1 Å². The van der Waals surface area contributed by atoms with E-state index in [1.165, 1.54) is 6.42 Å². The monoisotopic (exact) mass is 409 g/mol. The van der Waals surface area contributed by atoms with Crippen LogP contribution in [-0.2, 0) is 20.9 Å². The van der Waals surface area contributed by atoms with E-state index in [2.05, 4.69) is 0 Å². The maximum absolute atomic E-state index is 12.2. The molecular weight excluding hydrogens is 378 g/mol. The van der Waals surface area contributed by atoms with Crippen LogP contribution in [0.1, 0.15) is 57.4 Å². The van der Waals surface area contributed by atoms with E-state index in [0.29, 0.717) is 25.6 Å². The van der Waals surface area contributed by atoms with Crippen molar-refractivity contribution >= 4 is 23.7 Å². The van der Waals surface area contributed by atoms with Crippen molar-refractivity contribution in [1.82, 2.24) is 4.90 Å². The van der Waals surface area contributed by atoms with Crippen LogP contribution in [-0.4, -0.2) is 42.0 Å². The first kappa shape index (κ1) is 22.5. The number of hydrogen-bond acceptors (Lipinski definition) is 4. The Labute approximate surface area is 173 Å². The van der Waals surface area contributed by atoms with Gasteiger partial charge in [-0.2, -0.15) is 0 Å².